The van der Waals surface area contributed by atoms with Crippen molar-refractivity contribution in [1.82, 2.24) is 0 Å². The van der Waals surface area contributed by atoms with Gasteiger partial charge in [0.05, 0.1) is 25.7 Å². The van der Waals surface area contributed by atoms with E-state index in [1.807, 2.05) is 0 Å². The van der Waals surface area contributed by atoms with Crippen LogP contribution in [0.3, 0.4) is 0 Å². The maximum absolute atomic E-state index is 11.8. The minimum Gasteiger partial charge on any atom is -0.424 e. The molecule has 0 aromatic heterocycles. The smallest absolute Gasteiger partial charge is 0.333 e. The first kappa shape index (κ1) is 23.6. The van der Waals surface area contributed by atoms with Crippen molar-refractivity contribution in [2.75, 3.05) is 18.5 Å². The van der Waals surface area contributed by atoms with Gasteiger partial charge >= 0.3 is 5.97 Å². The van der Waals surface area contributed by atoms with Crippen LogP contribution in [0.25, 0.3) is 0 Å². The molecule has 0 aliphatic carbocycles. The van der Waals surface area contributed by atoms with Gasteiger partial charge in [0.1, 0.15) is 0 Å². The predicted molar refractivity (Wildman–Crippen MR) is 110 cm³/mol. The van der Waals surface area contributed by atoms with Gasteiger partial charge in [-0.15, -0.1) is 0 Å². The van der Waals surface area contributed by atoms with Gasteiger partial charge in [0.2, 0.25) is 5.85 Å². The Balaban J connectivity index is 4.23. The van der Waals surface area contributed by atoms with Gasteiger partial charge in [0.25, 0.3) is 0 Å². The number of hydrogen-bond donors (Lipinski definition) is 0. The Hall–Kier alpha value is -0.360. The minimum atomic E-state index is -1.18. The van der Waals surface area contributed by atoms with Crippen LogP contribution in [0.5, 0.6) is 0 Å². The van der Waals surface area contributed by atoms with Crippen molar-refractivity contribution in [3.63, 3.8) is 0 Å². The Morgan fingerprint density at radius 1 is 0.875 bits per heavy atom. The van der Waals surface area contributed by atoms with Crippen LogP contribution in [-0.2, 0) is 9.53 Å². The van der Waals surface area contributed by atoms with E-state index in [4.69, 9.17) is 4.74 Å². The van der Waals surface area contributed by atoms with Crippen molar-refractivity contribution < 1.29 is 9.53 Å². The van der Waals surface area contributed by atoms with Crippen LogP contribution in [0.4, 0.5) is 0 Å². The maximum atomic E-state index is 11.8. The molecule has 0 aliphatic rings. The van der Waals surface area contributed by atoms with Crippen LogP contribution in [0.1, 0.15) is 91.9 Å². The molecule has 0 fully saturated rings. The molecule has 0 saturated heterocycles. The monoisotopic (exact) mass is 357 g/mol. The molecular formula is C21H42O2P+. The second-order valence-corrected chi connectivity index (χ2v) is 11.8. The van der Waals surface area contributed by atoms with Gasteiger partial charge in [-0.3, -0.25) is 0 Å². The molecule has 0 aromatic carbocycles. The summed E-state index contributed by atoms with van der Waals surface area (Å²) >= 11 is 0. The Morgan fingerprint density at radius 2 is 1.33 bits per heavy atom. The summed E-state index contributed by atoms with van der Waals surface area (Å²) in [5, 5.41) is 0. The van der Waals surface area contributed by atoms with E-state index in [2.05, 4.69) is 34.3 Å². The van der Waals surface area contributed by atoms with E-state index in [0.29, 0.717) is 0 Å². The van der Waals surface area contributed by atoms with Gasteiger partial charge in [-0.1, -0.05) is 64.9 Å². The van der Waals surface area contributed by atoms with E-state index in [-0.39, 0.29) is 11.8 Å². The quantitative estimate of drug-likeness (QED) is 0.128. The summed E-state index contributed by atoms with van der Waals surface area (Å²) < 4.78 is 5.80. The number of carbonyl (C=O) groups excluding carboxylic acids is 1. The molecule has 0 rings (SSSR count). The third-order valence-electron chi connectivity index (χ3n) is 5.47. The van der Waals surface area contributed by atoms with Crippen molar-refractivity contribution in [3.05, 3.63) is 12.7 Å². The summed E-state index contributed by atoms with van der Waals surface area (Å²) in [5.41, 5.74) is 0. The molecular weight excluding hydrogens is 315 g/mol. The second kappa shape index (κ2) is 14.9. The lowest BCUT2D eigenvalue weighted by molar-refractivity contribution is -0.139. The number of rotatable bonds is 16. The molecule has 0 N–H and O–H groups in total. The van der Waals surface area contributed by atoms with E-state index >= 15 is 0 Å². The van der Waals surface area contributed by atoms with Gasteiger partial charge < -0.3 is 4.74 Å². The summed E-state index contributed by atoms with van der Waals surface area (Å²) in [7, 11) is -1.18. The number of carbonyl (C=O) groups is 1. The standard InChI is InChI=1S/C21H42O2P/c1-6-11-12-13-14-15-16-17-18-19-21(23-20(22)7-2)24(8-3,9-4)10-5/h7,21H,2,6,8-19H2,1,3-5H3/q+1. The number of esters is 1. The molecule has 0 saturated carbocycles. The van der Waals surface area contributed by atoms with Gasteiger partial charge in [0.15, 0.2) is 0 Å². The normalized spacial score (nSPS) is 12.8. The average Bonchev–Trinajstić information content (AvgIpc) is 2.61. The van der Waals surface area contributed by atoms with Crippen LogP contribution in [0.2, 0.25) is 0 Å². The molecule has 0 radical (unpaired) electrons. The van der Waals surface area contributed by atoms with Gasteiger partial charge in [-0.25, -0.2) is 4.79 Å². The SMILES string of the molecule is C=CC(=O)OC(CCCCCCCCCCC)[P+](CC)(CC)CC. The van der Waals surface area contributed by atoms with Gasteiger partial charge in [0, 0.05) is 12.5 Å². The lowest BCUT2D eigenvalue weighted by Crippen LogP contribution is -2.25. The third-order valence-corrected chi connectivity index (χ3v) is 10.8. The van der Waals surface area contributed by atoms with Crippen molar-refractivity contribution >= 4 is 13.2 Å². The van der Waals surface area contributed by atoms with Crippen LogP contribution in [0, 0.1) is 0 Å². The van der Waals surface area contributed by atoms with Gasteiger partial charge in [-0.2, -0.15) is 0 Å². The molecule has 0 amide bonds. The zero-order valence-electron chi connectivity index (χ0n) is 16.8. The van der Waals surface area contributed by atoms with Crippen LogP contribution >= 0.6 is 7.26 Å². The van der Waals surface area contributed by atoms with E-state index < -0.39 is 7.26 Å². The lowest BCUT2D eigenvalue weighted by atomic mass is 10.1. The molecule has 2 nitrogen and oxygen atoms in total. The molecule has 0 spiro atoms. The summed E-state index contributed by atoms with van der Waals surface area (Å²) in [6.45, 7) is 12.6. The third kappa shape index (κ3) is 9.21. The zero-order valence-corrected chi connectivity index (χ0v) is 17.7. The fourth-order valence-electron chi connectivity index (χ4n) is 3.54. The van der Waals surface area contributed by atoms with Gasteiger partial charge in [-0.05, 0) is 27.2 Å². The van der Waals surface area contributed by atoms with E-state index in [0.717, 1.165) is 6.42 Å². The summed E-state index contributed by atoms with van der Waals surface area (Å²) in [6.07, 6.45) is 17.9. The van der Waals surface area contributed by atoms with E-state index in [1.165, 1.54) is 82.3 Å². The first-order valence-corrected chi connectivity index (χ1v) is 12.7. The highest BCUT2D eigenvalue weighted by Crippen LogP contribution is 2.63. The molecule has 0 aromatic rings. The molecule has 0 bridgehead atoms. The molecule has 1 atom stereocenters. The molecule has 0 aliphatic heterocycles. The fraction of sp³-hybridized carbons (Fsp3) is 0.857. The first-order chi connectivity index (χ1) is 11.6. The number of unbranched alkanes of at least 4 members (excludes halogenated alkanes) is 8. The van der Waals surface area contributed by atoms with Crippen LogP contribution < -0.4 is 0 Å². The van der Waals surface area contributed by atoms with Crippen LogP contribution in [0.15, 0.2) is 12.7 Å². The summed E-state index contributed by atoms with van der Waals surface area (Å²) in [4.78, 5) is 11.8. The highest BCUT2D eigenvalue weighted by atomic mass is 31.2. The highest BCUT2D eigenvalue weighted by molar-refractivity contribution is 7.76. The fourth-order valence-corrected chi connectivity index (χ4v) is 7.16. The molecule has 1 unspecified atom stereocenters. The van der Waals surface area contributed by atoms with E-state index in [9.17, 15) is 4.79 Å². The number of hydrogen-bond acceptors (Lipinski definition) is 2. The highest BCUT2D eigenvalue weighted by Gasteiger charge is 2.43. The predicted octanol–water partition coefficient (Wildman–Crippen LogP) is 7.04. The van der Waals surface area contributed by atoms with Crippen molar-refractivity contribution in [2.24, 2.45) is 0 Å². The van der Waals surface area contributed by atoms with Crippen LogP contribution in [-0.4, -0.2) is 30.3 Å². The summed E-state index contributed by atoms with van der Waals surface area (Å²) in [6, 6.07) is 0. The average molecular weight is 358 g/mol. The van der Waals surface area contributed by atoms with Crippen molar-refractivity contribution in [1.29, 1.82) is 0 Å². The Bertz CT molecular complexity index is 316. The second-order valence-electron chi connectivity index (χ2n) is 6.88. The minimum absolute atomic E-state index is 0.146. The lowest BCUT2D eigenvalue weighted by Gasteiger charge is -2.31. The molecule has 24 heavy (non-hydrogen) atoms. The molecule has 142 valence electrons. The number of ether oxygens (including phenoxy) is 1. The Kier molecular flexibility index (Phi) is 14.7. The maximum Gasteiger partial charge on any atom is 0.333 e. The van der Waals surface area contributed by atoms with Crippen molar-refractivity contribution in [3.8, 4) is 0 Å². The molecule has 3 heteroatoms. The summed E-state index contributed by atoms with van der Waals surface area (Å²) in [5.74, 6) is -0.0943. The van der Waals surface area contributed by atoms with Crippen molar-refractivity contribution in [2.45, 2.75) is 97.7 Å². The van der Waals surface area contributed by atoms with E-state index in [1.54, 1.807) is 0 Å². The zero-order chi connectivity index (χ0) is 18.3. The Labute approximate surface area is 152 Å². The first-order valence-electron chi connectivity index (χ1n) is 10.3. The molecule has 0 heterocycles. The largest absolute Gasteiger partial charge is 0.424 e. The topological polar surface area (TPSA) is 26.3 Å². The Morgan fingerprint density at radius 3 is 1.75 bits per heavy atom.